The number of likely N-dealkylation sites (tertiary alicyclic amines) is 1. The number of aromatic nitrogens is 2. The molecule has 0 saturated carbocycles. The summed E-state index contributed by atoms with van der Waals surface area (Å²) in [6, 6.07) is 5.48. The predicted octanol–water partition coefficient (Wildman–Crippen LogP) is 3.03. The molecule has 2 amide bonds. The molecule has 0 spiro atoms. The van der Waals surface area contributed by atoms with Crippen molar-refractivity contribution >= 4 is 40.6 Å². The van der Waals surface area contributed by atoms with Gasteiger partial charge in [0, 0.05) is 18.8 Å². The Balaban J connectivity index is 1.52. The first-order chi connectivity index (χ1) is 12.1. The van der Waals surface area contributed by atoms with Crippen LogP contribution < -0.4 is 5.32 Å². The molecule has 1 fully saturated rings. The summed E-state index contributed by atoms with van der Waals surface area (Å²) in [6.07, 6.45) is 3.30. The summed E-state index contributed by atoms with van der Waals surface area (Å²) in [6.45, 7) is 1.64. The van der Waals surface area contributed by atoms with E-state index in [1.54, 1.807) is 0 Å². The van der Waals surface area contributed by atoms with Crippen LogP contribution in [0.5, 0.6) is 0 Å². The van der Waals surface area contributed by atoms with Crippen molar-refractivity contribution in [1.82, 2.24) is 15.1 Å². The zero-order valence-electron chi connectivity index (χ0n) is 13.4. The minimum Gasteiger partial charge on any atom is -0.342 e. The van der Waals surface area contributed by atoms with E-state index in [9.17, 15) is 14.0 Å². The van der Waals surface area contributed by atoms with Gasteiger partial charge in [-0.2, -0.15) is 0 Å². The maximum absolute atomic E-state index is 12.9. The van der Waals surface area contributed by atoms with Crippen molar-refractivity contribution < 1.29 is 14.0 Å². The molecular weight excluding hydrogens is 363 g/mol. The largest absolute Gasteiger partial charge is 0.342 e. The van der Waals surface area contributed by atoms with Crippen LogP contribution in [0, 0.1) is 5.82 Å². The van der Waals surface area contributed by atoms with Crippen molar-refractivity contribution in [2.45, 2.75) is 23.6 Å². The Morgan fingerprint density at radius 2 is 1.88 bits per heavy atom. The van der Waals surface area contributed by atoms with Gasteiger partial charge < -0.3 is 10.2 Å². The number of carbonyl (C=O) groups excluding carboxylic acids is 2. The van der Waals surface area contributed by atoms with Crippen LogP contribution >= 0.6 is 23.1 Å². The Bertz CT molecular complexity index is 745. The fourth-order valence-electron chi connectivity index (χ4n) is 2.44. The van der Waals surface area contributed by atoms with Gasteiger partial charge in [-0.1, -0.05) is 23.1 Å². The van der Waals surface area contributed by atoms with Crippen molar-refractivity contribution in [2.24, 2.45) is 0 Å². The van der Waals surface area contributed by atoms with E-state index in [1.807, 2.05) is 4.90 Å². The molecule has 6 nitrogen and oxygen atoms in total. The van der Waals surface area contributed by atoms with Gasteiger partial charge in [-0.05, 0) is 43.5 Å². The van der Waals surface area contributed by atoms with E-state index >= 15 is 0 Å². The summed E-state index contributed by atoms with van der Waals surface area (Å²) in [5.41, 5.74) is 0.482. The van der Waals surface area contributed by atoms with E-state index in [0.29, 0.717) is 15.8 Å². The highest BCUT2D eigenvalue weighted by molar-refractivity contribution is 8.01. The van der Waals surface area contributed by atoms with E-state index < -0.39 is 5.91 Å². The first-order valence-corrected chi connectivity index (χ1v) is 9.73. The Morgan fingerprint density at radius 1 is 1.16 bits per heavy atom. The number of nitrogens with one attached hydrogen (secondary N) is 1. The number of piperidine rings is 1. The number of carbonyl (C=O) groups is 2. The Morgan fingerprint density at radius 3 is 2.60 bits per heavy atom. The minimum atomic E-state index is -0.404. The summed E-state index contributed by atoms with van der Waals surface area (Å²) in [7, 11) is 0. The van der Waals surface area contributed by atoms with Gasteiger partial charge in [0.2, 0.25) is 10.9 Å². The number of thioether (sulfide) groups is 1. The SMILES string of the molecule is O=C(Nc1ccc(F)cc1)c1nnc(SCC(=O)N2CCCCC2)s1. The van der Waals surface area contributed by atoms with Crippen LogP contribution in [0.4, 0.5) is 10.1 Å². The van der Waals surface area contributed by atoms with Crippen molar-refractivity contribution in [1.29, 1.82) is 0 Å². The fraction of sp³-hybridized carbons (Fsp3) is 0.375. The lowest BCUT2D eigenvalue weighted by Gasteiger charge is -2.26. The molecule has 25 heavy (non-hydrogen) atoms. The first-order valence-electron chi connectivity index (χ1n) is 7.93. The average molecular weight is 380 g/mol. The number of rotatable bonds is 5. The number of benzene rings is 1. The minimum absolute atomic E-state index is 0.0946. The molecule has 1 aliphatic heterocycles. The second-order valence-corrected chi connectivity index (χ2v) is 7.76. The van der Waals surface area contributed by atoms with Gasteiger partial charge in [0.1, 0.15) is 5.82 Å². The van der Waals surface area contributed by atoms with E-state index in [1.165, 1.54) is 42.4 Å². The number of hydrogen-bond donors (Lipinski definition) is 1. The predicted molar refractivity (Wildman–Crippen MR) is 95.4 cm³/mol. The smallest absolute Gasteiger partial charge is 0.286 e. The molecule has 2 aromatic rings. The fourth-order valence-corrected chi connectivity index (χ4v) is 4.09. The summed E-state index contributed by atoms with van der Waals surface area (Å²) in [4.78, 5) is 26.1. The molecule has 0 radical (unpaired) electrons. The zero-order chi connectivity index (χ0) is 17.6. The molecular formula is C16H17FN4O2S2. The number of anilines is 1. The molecule has 1 saturated heterocycles. The summed E-state index contributed by atoms with van der Waals surface area (Å²) in [5, 5.41) is 10.6. The third-order valence-electron chi connectivity index (χ3n) is 3.73. The van der Waals surface area contributed by atoms with E-state index in [-0.39, 0.29) is 16.7 Å². The Labute approximate surface area is 152 Å². The molecule has 2 heterocycles. The first kappa shape index (κ1) is 17.8. The molecule has 0 atom stereocenters. The maximum atomic E-state index is 12.9. The summed E-state index contributed by atoms with van der Waals surface area (Å²) < 4.78 is 13.4. The number of hydrogen-bond acceptors (Lipinski definition) is 6. The Kier molecular flexibility index (Phi) is 5.98. The average Bonchev–Trinajstić information content (AvgIpc) is 3.11. The molecule has 1 aromatic heterocycles. The quantitative estimate of drug-likeness (QED) is 0.807. The van der Waals surface area contributed by atoms with Gasteiger partial charge in [-0.25, -0.2) is 4.39 Å². The van der Waals surface area contributed by atoms with Gasteiger partial charge in [0.05, 0.1) is 5.75 Å². The van der Waals surface area contributed by atoms with Crippen LogP contribution in [-0.4, -0.2) is 45.8 Å². The highest BCUT2D eigenvalue weighted by Crippen LogP contribution is 2.24. The van der Waals surface area contributed by atoms with Crippen LogP contribution in [0.2, 0.25) is 0 Å². The summed E-state index contributed by atoms with van der Waals surface area (Å²) in [5.74, 6) is -0.379. The number of nitrogens with zero attached hydrogens (tertiary/aromatic N) is 3. The second kappa shape index (κ2) is 8.39. The molecule has 9 heteroatoms. The topological polar surface area (TPSA) is 75.2 Å². The lowest BCUT2D eigenvalue weighted by atomic mass is 10.1. The monoisotopic (exact) mass is 380 g/mol. The molecule has 1 aliphatic rings. The Hall–Kier alpha value is -2.00. The van der Waals surface area contributed by atoms with Crippen molar-refractivity contribution in [3.8, 4) is 0 Å². The van der Waals surface area contributed by atoms with Gasteiger partial charge in [-0.15, -0.1) is 10.2 Å². The molecule has 1 aromatic carbocycles. The molecule has 0 unspecified atom stereocenters. The lowest BCUT2D eigenvalue weighted by molar-refractivity contribution is -0.129. The van der Waals surface area contributed by atoms with E-state index in [0.717, 1.165) is 37.3 Å². The summed E-state index contributed by atoms with van der Waals surface area (Å²) >= 11 is 2.43. The van der Waals surface area contributed by atoms with E-state index in [4.69, 9.17) is 0 Å². The highest BCUT2D eigenvalue weighted by atomic mass is 32.2. The number of halogens is 1. The molecule has 0 bridgehead atoms. The normalized spacial score (nSPS) is 14.4. The van der Waals surface area contributed by atoms with Crippen LogP contribution in [-0.2, 0) is 4.79 Å². The van der Waals surface area contributed by atoms with Crippen LogP contribution in [0.1, 0.15) is 29.1 Å². The third kappa shape index (κ3) is 4.99. The lowest BCUT2D eigenvalue weighted by Crippen LogP contribution is -2.36. The molecule has 1 N–H and O–H groups in total. The van der Waals surface area contributed by atoms with Gasteiger partial charge in [0.25, 0.3) is 5.91 Å². The van der Waals surface area contributed by atoms with Crippen LogP contribution in [0.25, 0.3) is 0 Å². The van der Waals surface area contributed by atoms with E-state index in [2.05, 4.69) is 15.5 Å². The standard InChI is InChI=1S/C16H17FN4O2S2/c17-11-4-6-12(7-5-11)18-14(23)15-19-20-16(25-15)24-10-13(22)21-8-2-1-3-9-21/h4-7H,1-3,8-10H2,(H,18,23). The van der Waals surface area contributed by atoms with Crippen LogP contribution in [0.15, 0.2) is 28.6 Å². The maximum Gasteiger partial charge on any atom is 0.286 e. The second-order valence-electron chi connectivity index (χ2n) is 5.56. The van der Waals surface area contributed by atoms with Crippen molar-refractivity contribution in [2.75, 3.05) is 24.2 Å². The third-order valence-corrected chi connectivity index (χ3v) is 5.77. The van der Waals surface area contributed by atoms with Gasteiger partial charge in [0.15, 0.2) is 4.34 Å². The van der Waals surface area contributed by atoms with Gasteiger partial charge in [-0.3, -0.25) is 9.59 Å². The molecule has 132 valence electrons. The number of amides is 2. The van der Waals surface area contributed by atoms with Crippen LogP contribution in [0.3, 0.4) is 0 Å². The highest BCUT2D eigenvalue weighted by Gasteiger charge is 2.18. The zero-order valence-corrected chi connectivity index (χ0v) is 15.0. The van der Waals surface area contributed by atoms with Gasteiger partial charge >= 0.3 is 0 Å². The molecule has 0 aliphatic carbocycles. The van der Waals surface area contributed by atoms with Crippen molar-refractivity contribution in [3.63, 3.8) is 0 Å². The van der Waals surface area contributed by atoms with Crippen molar-refractivity contribution in [3.05, 3.63) is 35.1 Å². The molecule has 3 rings (SSSR count).